The Morgan fingerprint density at radius 2 is 2.04 bits per heavy atom. The Balaban J connectivity index is 1.90. The molecule has 23 heavy (non-hydrogen) atoms. The number of hydrogen-bond donors (Lipinski definition) is 1. The first kappa shape index (κ1) is 15.5. The lowest BCUT2D eigenvalue weighted by Gasteiger charge is -2.10. The van der Waals surface area contributed by atoms with Crippen LogP contribution in [0.1, 0.15) is 10.4 Å². The van der Waals surface area contributed by atoms with Gasteiger partial charge in [0.2, 0.25) is 5.28 Å². The van der Waals surface area contributed by atoms with E-state index in [0.717, 1.165) is 4.70 Å². The lowest BCUT2D eigenvalue weighted by molar-refractivity contribution is 0.102. The van der Waals surface area contributed by atoms with Gasteiger partial charge in [-0.2, -0.15) is 0 Å². The molecule has 1 aromatic carbocycles. The van der Waals surface area contributed by atoms with E-state index in [1.807, 2.05) is 0 Å². The molecule has 118 valence electrons. The molecule has 0 unspecified atom stereocenters. The highest BCUT2D eigenvalue weighted by atomic mass is 35.5. The Morgan fingerprint density at radius 1 is 1.26 bits per heavy atom. The number of amides is 1. The van der Waals surface area contributed by atoms with Crippen LogP contribution in [0.3, 0.4) is 0 Å². The minimum absolute atomic E-state index is 0.107. The van der Waals surface area contributed by atoms with Crippen LogP contribution < -0.4 is 14.8 Å². The molecule has 0 aliphatic rings. The van der Waals surface area contributed by atoms with Gasteiger partial charge in [0, 0.05) is 23.3 Å². The number of nitrogens with zero attached hydrogens (tertiary/aromatic N) is 2. The Bertz CT molecular complexity index is 882. The third kappa shape index (κ3) is 3.06. The van der Waals surface area contributed by atoms with E-state index in [0.29, 0.717) is 28.3 Å². The summed E-state index contributed by atoms with van der Waals surface area (Å²) in [5.41, 5.74) is 1.57. The summed E-state index contributed by atoms with van der Waals surface area (Å²) in [6.07, 6.45) is 1.60. The minimum Gasteiger partial charge on any atom is -0.493 e. The fourth-order valence-electron chi connectivity index (χ4n) is 2.08. The number of carbonyl (C=O) groups excluding carboxylic acids is 1. The van der Waals surface area contributed by atoms with Gasteiger partial charge in [-0.15, -0.1) is 11.3 Å². The van der Waals surface area contributed by atoms with Gasteiger partial charge in [-0.3, -0.25) is 4.79 Å². The number of anilines is 1. The number of hydrogen-bond acceptors (Lipinski definition) is 6. The van der Waals surface area contributed by atoms with Crippen molar-refractivity contribution in [3.8, 4) is 11.5 Å². The molecule has 0 fully saturated rings. The Morgan fingerprint density at radius 3 is 2.78 bits per heavy atom. The van der Waals surface area contributed by atoms with Crippen molar-refractivity contribution in [1.82, 2.24) is 9.97 Å². The number of thiophene rings is 1. The van der Waals surface area contributed by atoms with Crippen LogP contribution in [-0.2, 0) is 0 Å². The molecule has 0 saturated carbocycles. The summed E-state index contributed by atoms with van der Waals surface area (Å²) < 4.78 is 11.2. The van der Waals surface area contributed by atoms with Crippen molar-refractivity contribution < 1.29 is 14.3 Å². The topological polar surface area (TPSA) is 73.3 Å². The third-order valence-corrected chi connectivity index (χ3v) is 4.26. The fourth-order valence-corrected chi connectivity index (χ4v) is 3.06. The molecule has 0 saturated heterocycles. The number of methoxy groups -OCH3 is 2. The van der Waals surface area contributed by atoms with Crippen molar-refractivity contribution in [2.45, 2.75) is 0 Å². The number of carbonyl (C=O) groups is 1. The molecular formula is C15H12ClN3O3S. The van der Waals surface area contributed by atoms with Gasteiger partial charge in [0.05, 0.1) is 30.0 Å². The number of benzene rings is 1. The molecule has 0 atom stereocenters. The highest BCUT2D eigenvalue weighted by molar-refractivity contribution is 7.17. The minimum atomic E-state index is -0.279. The monoisotopic (exact) mass is 349 g/mol. The van der Waals surface area contributed by atoms with E-state index >= 15 is 0 Å². The molecule has 0 radical (unpaired) electrons. The zero-order chi connectivity index (χ0) is 16.4. The van der Waals surface area contributed by atoms with E-state index in [4.69, 9.17) is 21.1 Å². The maximum Gasteiger partial charge on any atom is 0.258 e. The Hall–Kier alpha value is -2.38. The lowest BCUT2D eigenvalue weighted by Crippen LogP contribution is -2.11. The van der Waals surface area contributed by atoms with Gasteiger partial charge in [-0.1, -0.05) is 0 Å². The molecule has 1 amide bonds. The van der Waals surface area contributed by atoms with Crippen LogP contribution in [0.25, 0.3) is 10.2 Å². The summed E-state index contributed by atoms with van der Waals surface area (Å²) >= 11 is 7.19. The summed E-state index contributed by atoms with van der Waals surface area (Å²) in [7, 11) is 3.09. The van der Waals surface area contributed by atoms with Crippen molar-refractivity contribution in [3.05, 3.63) is 40.6 Å². The Labute approximate surface area is 141 Å². The molecular weight excluding hydrogens is 338 g/mol. The van der Waals surface area contributed by atoms with Crippen LogP contribution in [-0.4, -0.2) is 30.1 Å². The van der Waals surface area contributed by atoms with E-state index in [-0.39, 0.29) is 11.2 Å². The van der Waals surface area contributed by atoms with Crippen molar-refractivity contribution in [1.29, 1.82) is 0 Å². The average Bonchev–Trinajstić information content (AvgIpc) is 2.97. The molecule has 8 heteroatoms. The zero-order valence-corrected chi connectivity index (χ0v) is 13.9. The summed E-state index contributed by atoms with van der Waals surface area (Å²) in [6.45, 7) is 0. The van der Waals surface area contributed by atoms with E-state index < -0.39 is 0 Å². The van der Waals surface area contributed by atoms with E-state index in [1.165, 1.54) is 18.4 Å². The first-order valence-electron chi connectivity index (χ1n) is 6.55. The zero-order valence-electron chi connectivity index (χ0n) is 12.3. The van der Waals surface area contributed by atoms with E-state index in [9.17, 15) is 4.79 Å². The molecule has 0 aliphatic carbocycles. The third-order valence-electron chi connectivity index (χ3n) is 3.17. The smallest absolute Gasteiger partial charge is 0.258 e. The molecule has 0 bridgehead atoms. The fraction of sp³-hybridized carbons (Fsp3) is 0.133. The largest absolute Gasteiger partial charge is 0.493 e. The van der Waals surface area contributed by atoms with Gasteiger partial charge in [-0.25, -0.2) is 9.97 Å². The number of ether oxygens (including phenoxy) is 2. The number of fused-ring (bicyclic) bond motifs is 1. The molecule has 6 nitrogen and oxygen atoms in total. The second-order valence-corrected chi connectivity index (χ2v) is 5.77. The van der Waals surface area contributed by atoms with Crippen molar-refractivity contribution in [2.24, 2.45) is 0 Å². The summed E-state index contributed by atoms with van der Waals surface area (Å²) in [4.78, 5) is 20.5. The maximum atomic E-state index is 12.5. The number of nitrogens with one attached hydrogen (secondary N) is 1. The summed E-state index contributed by atoms with van der Waals surface area (Å²) in [5.74, 6) is 0.843. The summed E-state index contributed by atoms with van der Waals surface area (Å²) in [6, 6.07) is 5.14. The lowest BCUT2D eigenvalue weighted by atomic mass is 10.2. The molecule has 3 rings (SSSR count). The average molecular weight is 350 g/mol. The molecule has 1 N–H and O–H groups in total. The quantitative estimate of drug-likeness (QED) is 0.728. The van der Waals surface area contributed by atoms with Crippen LogP contribution in [0.2, 0.25) is 5.28 Å². The van der Waals surface area contributed by atoms with Crippen LogP contribution in [0.15, 0.2) is 29.8 Å². The molecule has 3 aromatic rings. The van der Waals surface area contributed by atoms with Gasteiger partial charge in [0.15, 0.2) is 11.5 Å². The van der Waals surface area contributed by atoms with E-state index in [1.54, 1.807) is 36.9 Å². The number of aromatic nitrogens is 2. The standard InChI is InChI=1S/C15H12ClN3O3S/c1-21-10-4-3-8(5-11(10)22-2)18-14(20)9-7-23-12-6-17-15(16)19-13(9)12/h3-7H,1-2H3,(H,18,20). The van der Waals surface area contributed by atoms with Gasteiger partial charge in [0.25, 0.3) is 5.91 Å². The van der Waals surface area contributed by atoms with Crippen LogP contribution in [0.4, 0.5) is 5.69 Å². The molecule has 2 heterocycles. The second-order valence-electron chi connectivity index (χ2n) is 4.53. The SMILES string of the molecule is COc1ccc(NC(=O)c2csc3cnc(Cl)nc23)cc1OC. The molecule has 0 spiro atoms. The maximum absolute atomic E-state index is 12.5. The molecule has 0 aliphatic heterocycles. The summed E-state index contributed by atoms with van der Waals surface area (Å²) in [5, 5.41) is 4.65. The van der Waals surface area contributed by atoms with Crippen molar-refractivity contribution in [3.63, 3.8) is 0 Å². The highest BCUT2D eigenvalue weighted by Gasteiger charge is 2.15. The normalized spacial score (nSPS) is 10.6. The van der Waals surface area contributed by atoms with Crippen LogP contribution in [0.5, 0.6) is 11.5 Å². The van der Waals surface area contributed by atoms with Crippen LogP contribution in [0, 0.1) is 0 Å². The number of rotatable bonds is 4. The Kier molecular flexibility index (Phi) is 4.31. The van der Waals surface area contributed by atoms with Gasteiger partial charge < -0.3 is 14.8 Å². The predicted molar refractivity (Wildman–Crippen MR) is 89.9 cm³/mol. The predicted octanol–water partition coefficient (Wildman–Crippen LogP) is 3.61. The van der Waals surface area contributed by atoms with Crippen molar-refractivity contribution >= 4 is 44.7 Å². The van der Waals surface area contributed by atoms with Gasteiger partial charge in [0.1, 0.15) is 0 Å². The first-order chi connectivity index (χ1) is 11.1. The van der Waals surface area contributed by atoms with Crippen molar-refractivity contribution in [2.75, 3.05) is 19.5 Å². The first-order valence-corrected chi connectivity index (χ1v) is 7.81. The second kappa shape index (κ2) is 6.39. The van der Waals surface area contributed by atoms with Gasteiger partial charge in [-0.05, 0) is 23.7 Å². The number of halogens is 1. The van der Waals surface area contributed by atoms with E-state index in [2.05, 4.69) is 15.3 Å². The van der Waals surface area contributed by atoms with Crippen LogP contribution >= 0.6 is 22.9 Å². The van der Waals surface area contributed by atoms with Gasteiger partial charge >= 0.3 is 0 Å². The molecule has 2 aromatic heterocycles. The highest BCUT2D eigenvalue weighted by Crippen LogP contribution is 2.31.